The molecule has 1 aromatic carbocycles. The molecule has 0 amide bonds. The van der Waals surface area contributed by atoms with Gasteiger partial charge in [0.15, 0.2) is 17.4 Å². The van der Waals surface area contributed by atoms with Gasteiger partial charge in [-0.05, 0) is 17.7 Å². The highest BCUT2D eigenvalue weighted by molar-refractivity contribution is 5.31. The summed E-state index contributed by atoms with van der Waals surface area (Å²) in [7, 11) is 1.79. The summed E-state index contributed by atoms with van der Waals surface area (Å²) < 4.78 is 34.8. The third kappa shape index (κ3) is 4.01. The van der Waals surface area contributed by atoms with Crippen molar-refractivity contribution >= 4 is 0 Å². The van der Waals surface area contributed by atoms with Gasteiger partial charge in [0.05, 0.1) is 0 Å². The van der Waals surface area contributed by atoms with Crippen LogP contribution >= 0.6 is 0 Å². The molecule has 4 nitrogen and oxygen atoms in total. The van der Waals surface area contributed by atoms with Crippen molar-refractivity contribution in [1.82, 2.24) is 14.9 Å². The van der Waals surface area contributed by atoms with Gasteiger partial charge in [0, 0.05) is 32.0 Å². The molecule has 2 aromatic rings. The number of aromatic nitrogens is 2. The van der Waals surface area contributed by atoms with Gasteiger partial charge >= 0.3 is 0 Å². The predicted molar refractivity (Wildman–Crippen MR) is 75.9 cm³/mol. The summed E-state index contributed by atoms with van der Waals surface area (Å²) in [6, 6.07) is 2.81. The van der Waals surface area contributed by atoms with E-state index in [-0.39, 0.29) is 18.4 Å². The van der Waals surface area contributed by atoms with E-state index < -0.39 is 11.6 Å². The fraction of sp³-hybridized carbons (Fsp3) is 0.400. The Balaban J connectivity index is 2.08. The zero-order valence-corrected chi connectivity index (χ0v) is 12.4. The molecule has 0 atom stereocenters. The summed E-state index contributed by atoms with van der Waals surface area (Å²) in [5, 5.41) is 3.11. The molecule has 0 aliphatic rings. The molecule has 21 heavy (non-hydrogen) atoms. The van der Waals surface area contributed by atoms with Gasteiger partial charge in [-0.15, -0.1) is 0 Å². The largest absolute Gasteiger partial charge is 0.480 e. The quantitative estimate of drug-likeness (QED) is 0.890. The first kappa shape index (κ1) is 15.4. The van der Waals surface area contributed by atoms with Crippen molar-refractivity contribution in [2.45, 2.75) is 33.0 Å². The van der Waals surface area contributed by atoms with Gasteiger partial charge < -0.3 is 14.6 Å². The number of imidazole rings is 1. The number of hydrogen-bond donors (Lipinski definition) is 1. The van der Waals surface area contributed by atoms with Crippen LogP contribution in [0.4, 0.5) is 8.78 Å². The van der Waals surface area contributed by atoms with E-state index in [2.05, 4.69) is 10.3 Å². The molecule has 2 rings (SSSR count). The van der Waals surface area contributed by atoms with Crippen LogP contribution in [0.1, 0.15) is 25.2 Å². The van der Waals surface area contributed by atoms with Gasteiger partial charge in [0.25, 0.3) is 0 Å². The number of halogens is 2. The number of ether oxygens (including phenoxy) is 1. The van der Waals surface area contributed by atoms with E-state index in [1.807, 2.05) is 13.8 Å². The Labute approximate surface area is 122 Å². The molecule has 0 bridgehead atoms. The fourth-order valence-corrected chi connectivity index (χ4v) is 1.85. The SMILES string of the molecule is CC(C)NCc1cc(F)c(OCc2nccn2C)c(F)c1. The monoisotopic (exact) mass is 295 g/mol. The third-order valence-corrected chi connectivity index (χ3v) is 3.04. The lowest BCUT2D eigenvalue weighted by Crippen LogP contribution is -2.22. The zero-order valence-electron chi connectivity index (χ0n) is 12.4. The molecule has 1 heterocycles. The maximum Gasteiger partial charge on any atom is 0.191 e. The molecule has 0 spiro atoms. The lowest BCUT2D eigenvalue weighted by Gasteiger charge is -2.12. The molecule has 0 saturated carbocycles. The lowest BCUT2D eigenvalue weighted by atomic mass is 10.2. The van der Waals surface area contributed by atoms with Crippen molar-refractivity contribution in [3.8, 4) is 5.75 Å². The average Bonchev–Trinajstić information content (AvgIpc) is 2.81. The van der Waals surface area contributed by atoms with Gasteiger partial charge in [0.1, 0.15) is 12.4 Å². The molecular formula is C15H19F2N3O. The van der Waals surface area contributed by atoms with Gasteiger partial charge in [-0.25, -0.2) is 13.8 Å². The first-order chi connectivity index (χ1) is 9.97. The van der Waals surface area contributed by atoms with E-state index in [0.29, 0.717) is 17.9 Å². The van der Waals surface area contributed by atoms with Gasteiger partial charge in [-0.2, -0.15) is 0 Å². The van der Waals surface area contributed by atoms with Crippen molar-refractivity contribution < 1.29 is 13.5 Å². The summed E-state index contributed by atoms with van der Waals surface area (Å²) in [4.78, 5) is 4.04. The molecular weight excluding hydrogens is 276 g/mol. The standard InChI is InChI=1S/C15H19F2N3O/c1-10(2)19-8-11-6-12(16)15(13(17)7-11)21-9-14-18-4-5-20(14)3/h4-7,10,19H,8-9H2,1-3H3. The Morgan fingerprint density at radius 2 is 1.95 bits per heavy atom. The van der Waals surface area contributed by atoms with Crippen molar-refractivity contribution in [2.24, 2.45) is 7.05 Å². The minimum Gasteiger partial charge on any atom is -0.480 e. The van der Waals surface area contributed by atoms with Crippen molar-refractivity contribution in [2.75, 3.05) is 0 Å². The van der Waals surface area contributed by atoms with Gasteiger partial charge in [0.2, 0.25) is 0 Å². The van der Waals surface area contributed by atoms with Gasteiger partial charge in [-0.1, -0.05) is 13.8 Å². The van der Waals surface area contributed by atoms with Crippen LogP contribution in [0.3, 0.4) is 0 Å². The van der Waals surface area contributed by atoms with Crippen LogP contribution in [-0.4, -0.2) is 15.6 Å². The molecule has 0 unspecified atom stereocenters. The van der Waals surface area contributed by atoms with E-state index >= 15 is 0 Å². The van der Waals surface area contributed by atoms with Gasteiger partial charge in [-0.3, -0.25) is 0 Å². The van der Waals surface area contributed by atoms with E-state index in [4.69, 9.17) is 4.74 Å². The second kappa shape index (κ2) is 6.67. The predicted octanol–water partition coefficient (Wildman–Crippen LogP) is 2.78. The summed E-state index contributed by atoms with van der Waals surface area (Å²) in [6.07, 6.45) is 3.35. The average molecular weight is 295 g/mol. The van der Waals surface area contributed by atoms with E-state index in [9.17, 15) is 8.78 Å². The summed E-state index contributed by atoms with van der Waals surface area (Å²) >= 11 is 0. The van der Waals surface area contributed by atoms with E-state index in [1.165, 1.54) is 12.1 Å². The fourth-order valence-electron chi connectivity index (χ4n) is 1.85. The Morgan fingerprint density at radius 1 is 1.29 bits per heavy atom. The second-order valence-electron chi connectivity index (χ2n) is 5.17. The molecule has 114 valence electrons. The number of aryl methyl sites for hydroxylation is 1. The molecule has 0 fully saturated rings. The Hall–Kier alpha value is -1.95. The number of benzene rings is 1. The third-order valence-electron chi connectivity index (χ3n) is 3.04. The number of nitrogens with one attached hydrogen (secondary N) is 1. The zero-order chi connectivity index (χ0) is 15.4. The maximum absolute atomic E-state index is 13.9. The van der Waals surface area contributed by atoms with Crippen LogP contribution in [0.25, 0.3) is 0 Å². The molecule has 1 aromatic heterocycles. The Bertz CT molecular complexity index is 588. The van der Waals surface area contributed by atoms with E-state index in [1.54, 1.807) is 24.0 Å². The Morgan fingerprint density at radius 3 is 2.48 bits per heavy atom. The summed E-state index contributed by atoms with van der Waals surface area (Å²) in [5.74, 6) is -1.18. The van der Waals surface area contributed by atoms with Crippen LogP contribution in [0.5, 0.6) is 5.75 Å². The topological polar surface area (TPSA) is 39.1 Å². The minimum absolute atomic E-state index is 0.0148. The van der Waals surface area contributed by atoms with Crippen LogP contribution in [0.2, 0.25) is 0 Å². The van der Waals surface area contributed by atoms with Crippen molar-refractivity contribution in [3.63, 3.8) is 0 Å². The molecule has 0 aliphatic heterocycles. The van der Waals surface area contributed by atoms with Crippen molar-refractivity contribution in [1.29, 1.82) is 0 Å². The maximum atomic E-state index is 13.9. The smallest absolute Gasteiger partial charge is 0.191 e. The van der Waals surface area contributed by atoms with Crippen LogP contribution in [-0.2, 0) is 20.2 Å². The minimum atomic E-state index is -0.704. The number of nitrogens with zero attached hydrogens (tertiary/aromatic N) is 2. The molecule has 0 saturated heterocycles. The first-order valence-electron chi connectivity index (χ1n) is 6.77. The Kier molecular flexibility index (Phi) is 4.90. The first-order valence-corrected chi connectivity index (χ1v) is 6.77. The molecule has 0 radical (unpaired) electrons. The van der Waals surface area contributed by atoms with E-state index in [0.717, 1.165) is 0 Å². The lowest BCUT2D eigenvalue weighted by molar-refractivity contribution is 0.262. The molecule has 0 aliphatic carbocycles. The van der Waals surface area contributed by atoms with Crippen molar-refractivity contribution in [3.05, 3.63) is 47.5 Å². The summed E-state index contributed by atoms with van der Waals surface area (Å²) in [6.45, 7) is 4.36. The van der Waals surface area contributed by atoms with Crippen LogP contribution < -0.4 is 10.1 Å². The normalized spacial score (nSPS) is 11.1. The second-order valence-corrected chi connectivity index (χ2v) is 5.17. The highest BCUT2D eigenvalue weighted by Gasteiger charge is 2.14. The molecule has 6 heteroatoms. The highest BCUT2D eigenvalue weighted by Crippen LogP contribution is 2.24. The molecule has 1 N–H and O–H groups in total. The highest BCUT2D eigenvalue weighted by atomic mass is 19.1. The number of rotatable bonds is 6. The van der Waals surface area contributed by atoms with Crippen LogP contribution in [0, 0.1) is 11.6 Å². The van der Waals surface area contributed by atoms with Crippen LogP contribution in [0.15, 0.2) is 24.5 Å². The summed E-state index contributed by atoms with van der Waals surface area (Å²) in [5.41, 5.74) is 0.544. The number of hydrogen-bond acceptors (Lipinski definition) is 3.